The van der Waals surface area contributed by atoms with Crippen molar-refractivity contribution in [3.05, 3.63) is 28.5 Å². The second-order valence-electron chi connectivity index (χ2n) is 2.70. The number of H-pyrrole nitrogens is 1. The molecule has 0 aliphatic heterocycles. The summed E-state index contributed by atoms with van der Waals surface area (Å²) in [6.07, 6.45) is -1.96. The van der Waals surface area contributed by atoms with Crippen molar-refractivity contribution in [2.45, 2.75) is 6.18 Å². The van der Waals surface area contributed by atoms with Crippen LogP contribution < -0.4 is 0 Å². The first-order valence-electron chi connectivity index (χ1n) is 3.61. The molecule has 0 bridgehead atoms. The Kier molecular flexibility index (Phi) is 2.02. The number of benzene rings is 1. The van der Waals surface area contributed by atoms with Crippen LogP contribution in [0.5, 0.6) is 0 Å². The molecule has 14 heavy (non-hydrogen) atoms. The number of imidazole rings is 1. The summed E-state index contributed by atoms with van der Waals surface area (Å²) < 4.78 is 37.3. The molecule has 73 valence electrons. The summed E-state index contributed by atoms with van der Waals surface area (Å²) in [5.74, 6) is 0. The van der Waals surface area contributed by atoms with Gasteiger partial charge in [0.15, 0.2) is 6.33 Å². The highest BCUT2D eigenvalue weighted by molar-refractivity contribution is 9.10. The molecule has 1 aromatic carbocycles. The van der Waals surface area contributed by atoms with Gasteiger partial charge in [-0.25, -0.2) is 4.98 Å². The van der Waals surface area contributed by atoms with E-state index in [1.165, 1.54) is 0 Å². The van der Waals surface area contributed by atoms with Crippen LogP contribution in [0.1, 0.15) is 5.56 Å². The SMILES string of the molecule is FC(F)(F)c1cc(Br)c2n[c][nH]c2c1. The topological polar surface area (TPSA) is 28.7 Å². The van der Waals surface area contributed by atoms with Gasteiger partial charge in [0.25, 0.3) is 0 Å². The Morgan fingerprint density at radius 1 is 1.36 bits per heavy atom. The lowest BCUT2D eigenvalue weighted by Crippen LogP contribution is -2.04. The summed E-state index contributed by atoms with van der Waals surface area (Å²) in [6.45, 7) is 0. The van der Waals surface area contributed by atoms with Crippen molar-refractivity contribution < 1.29 is 13.2 Å². The number of aromatic nitrogens is 2. The fourth-order valence-electron chi connectivity index (χ4n) is 1.12. The van der Waals surface area contributed by atoms with E-state index >= 15 is 0 Å². The summed E-state index contributed by atoms with van der Waals surface area (Å²) >= 11 is 3.02. The van der Waals surface area contributed by atoms with Crippen LogP contribution in [-0.2, 0) is 6.18 Å². The van der Waals surface area contributed by atoms with Crippen molar-refractivity contribution in [2.75, 3.05) is 0 Å². The number of hydrogen-bond acceptors (Lipinski definition) is 1. The van der Waals surface area contributed by atoms with E-state index in [1.54, 1.807) is 0 Å². The molecule has 0 aliphatic carbocycles. The Morgan fingerprint density at radius 3 is 2.71 bits per heavy atom. The molecule has 2 aromatic rings. The van der Waals surface area contributed by atoms with Crippen LogP contribution in [0.4, 0.5) is 13.2 Å². The van der Waals surface area contributed by atoms with E-state index in [0.29, 0.717) is 15.5 Å². The van der Waals surface area contributed by atoms with Gasteiger partial charge in [0, 0.05) is 4.47 Å². The number of fused-ring (bicyclic) bond motifs is 1. The van der Waals surface area contributed by atoms with Crippen LogP contribution in [-0.4, -0.2) is 9.97 Å². The molecule has 1 N–H and O–H groups in total. The van der Waals surface area contributed by atoms with Crippen molar-refractivity contribution in [3.63, 3.8) is 0 Å². The molecule has 0 saturated heterocycles. The number of halogens is 4. The number of rotatable bonds is 0. The summed E-state index contributed by atoms with van der Waals surface area (Å²) in [5.41, 5.74) is 0.0409. The molecule has 2 nitrogen and oxygen atoms in total. The van der Waals surface area contributed by atoms with Gasteiger partial charge in [-0.2, -0.15) is 13.2 Å². The number of nitrogens with zero attached hydrogens (tertiary/aromatic N) is 1. The Bertz CT molecular complexity index is 475. The van der Waals surface area contributed by atoms with Gasteiger partial charge in [-0.15, -0.1) is 0 Å². The number of hydrogen-bond donors (Lipinski definition) is 1. The fourth-order valence-corrected chi connectivity index (χ4v) is 1.66. The second-order valence-corrected chi connectivity index (χ2v) is 3.55. The van der Waals surface area contributed by atoms with Crippen molar-refractivity contribution in [2.24, 2.45) is 0 Å². The van der Waals surface area contributed by atoms with Crippen LogP contribution in [0.2, 0.25) is 0 Å². The molecular formula is C8H3BrF3N2. The molecule has 1 aromatic heterocycles. The maximum Gasteiger partial charge on any atom is 0.416 e. The molecule has 0 fully saturated rings. The molecule has 0 aliphatic rings. The van der Waals surface area contributed by atoms with Crippen molar-refractivity contribution >= 4 is 27.0 Å². The summed E-state index contributed by atoms with van der Waals surface area (Å²) in [4.78, 5) is 6.25. The zero-order chi connectivity index (χ0) is 10.3. The van der Waals surface area contributed by atoms with Gasteiger partial charge < -0.3 is 4.98 Å². The summed E-state index contributed by atoms with van der Waals surface area (Å²) in [6, 6.07) is 2.00. The van der Waals surface area contributed by atoms with E-state index in [2.05, 4.69) is 32.2 Å². The average Bonchev–Trinajstić information content (AvgIpc) is 2.50. The van der Waals surface area contributed by atoms with Crippen LogP contribution in [0, 0.1) is 6.33 Å². The highest BCUT2D eigenvalue weighted by atomic mass is 79.9. The fraction of sp³-hybridized carbons (Fsp3) is 0.125. The van der Waals surface area contributed by atoms with Gasteiger partial charge in [-0.05, 0) is 28.1 Å². The average molecular weight is 264 g/mol. The zero-order valence-electron chi connectivity index (χ0n) is 6.61. The van der Waals surface area contributed by atoms with E-state index in [1.807, 2.05) is 0 Å². The normalized spacial score (nSPS) is 12.3. The Morgan fingerprint density at radius 2 is 2.07 bits per heavy atom. The first kappa shape index (κ1) is 9.51. The Hall–Kier alpha value is -1.04. The van der Waals surface area contributed by atoms with Crippen molar-refractivity contribution in [3.8, 4) is 0 Å². The molecule has 2 rings (SSSR count). The Labute approximate surface area is 85.3 Å². The number of nitrogens with one attached hydrogen (secondary N) is 1. The molecular weight excluding hydrogens is 261 g/mol. The van der Waals surface area contributed by atoms with E-state index in [-0.39, 0.29) is 0 Å². The third-order valence-corrected chi connectivity index (χ3v) is 2.35. The van der Waals surface area contributed by atoms with E-state index < -0.39 is 11.7 Å². The van der Waals surface area contributed by atoms with Crippen molar-refractivity contribution in [1.82, 2.24) is 9.97 Å². The van der Waals surface area contributed by atoms with Gasteiger partial charge in [-0.1, -0.05) is 0 Å². The largest absolute Gasteiger partial charge is 0.416 e. The molecule has 1 radical (unpaired) electrons. The number of aromatic amines is 1. The third kappa shape index (κ3) is 1.50. The predicted molar refractivity (Wildman–Crippen MR) is 47.6 cm³/mol. The standard InChI is InChI=1S/C8H3BrF3N2/c9-5-1-4(8(10,11)12)2-6-7(5)14-3-13-6/h1-2H,(H,13,14). The first-order valence-corrected chi connectivity index (χ1v) is 4.40. The lowest BCUT2D eigenvalue weighted by atomic mass is 10.2. The highest BCUT2D eigenvalue weighted by Crippen LogP contribution is 2.33. The van der Waals surface area contributed by atoms with Gasteiger partial charge in [0.2, 0.25) is 0 Å². The van der Waals surface area contributed by atoms with Gasteiger partial charge in [0.1, 0.15) is 5.52 Å². The maximum atomic E-state index is 12.3. The Balaban J connectivity index is 2.70. The minimum atomic E-state index is -4.35. The van der Waals surface area contributed by atoms with E-state index in [4.69, 9.17) is 0 Å². The molecule has 0 unspecified atom stereocenters. The molecule has 0 spiro atoms. The first-order chi connectivity index (χ1) is 6.48. The van der Waals surface area contributed by atoms with Gasteiger partial charge >= 0.3 is 6.18 Å². The smallest absolute Gasteiger partial charge is 0.335 e. The molecule has 0 atom stereocenters. The van der Waals surface area contributed by atoms with Crippen molar-refractivity contribution in [1.29, 1.82) is 0 Å². The van der Waals surface area contributed by atoms with Gasteiger partial charge in [0.05, 0.1) is 11.1 Å². The van der Waals surface area contributed by atoms with E-state index in [9.17, 15) is 13.2 Å². The third-order valence-electron chi connectivity index (χ3n) is 1.75. The summed E-state index contributed by atoms with van der Waals surface area (Å²) in [7, 11) is 0. The highest BCUT2D eigenvalue weighted by Gasteiger charge is 2.31. The van der Waals surface area contributed by atoms with Crippen LogP contribution in [0.3, 0.4) is 0 Å². The maximum absolute atomic E-state index is 12.3. The van der Waals surface area contributed by atoms with Crippen LogP contribution in [0.15, 0.2) is 16.6 Å². The van der Waals surface area contributed by atoms with Crippen LogP contribution >= 0.6 is 15.9 Å². The predicted octanol–water partition coefficient (Wildman–Crippen LogP) is 3.14. The quantitative estimate of drug-likeness (QED) is 0.777. The molecule has 0 saturated carbocycles. The van der Waals surface area contributed by atoms with Crippen LogP contribution in [0.25, 0.3) is 11.0 Å². The minimum Gasteiger partial charge on any atom is -0.335 e. The van der Waals surface area contributed by atoms with E-state index in [0.717, 1.165) is 12.1 Å². The molecule has 6 heteroatoms. The lowest BCUT2D eigenvalue weighted by Gasteiger charge is -2.06. The zero-order valence-corrected chi connectivity index (χ0v) is 8.20. The lowest BCUT2D eigenvalue weighted by molar-refractivity contribution is -0.137. The molecule has 1 heterocycles. The number of alkyl halides is 3. The monoisotopic (exact) mass is 263 g/mol. The van der Waals surface area contributed by atoms with Gasteiger partial charge in [-0.3, -0.25) is 0 Å². The summed E-state index contributed by atoms with van der Waals surface area (Å²) in [5, 5.41) is 0. The second kappa shape index (κ2) is 2.98. The molecule has 0 amide bonds. The minimum absolute atomic E-state index is 0.305.